The zero-order valence-electron chi connectivity index (χ0n) is 11.2. The number of fused-ring (bicyclic) bond motifs is 1. The Kier molecular flexibility index (Phi) is 4.74. The van der Waals surface area contributed by atoms with E-state index in [2.05, 4.69) is 16.0 Å². The van der Waals surface area contributed by atoms with Gasteiger partial charge in [-0.05, 0) is 31.2 Å². The van der Waals surface area contributed by atoms with Crippen molar-refractivity contribution in [3.63, 3.8) is 0 Å². The van der Waals surface area contributed by atoms with Crippen LogP contribution in [-0.4, -0.2) is 28.8 Å². The first-order chi connectivity index (χ1) is 9.33. The molecule has 1 aromatic carbocycles. The summed E-state index contributed by atoms with van der Waals surface area (Å²) in [6.45, 7) is 1.37. The maximum atomic E-state index is 12.2. The van der Waals surface area contributed by atoms with Crippen LogP contribution >= 0.6 is 12.4 Å². The lowest BCUT2D eigenvalue weighted by Gasteiger charge is -2.22. The number of Topliss-reactive ketones (excluding diaryl/α,β-unsaturated/α-hetero) is 1. The second-order valence-corrected chi connectivity index (χ2v) is 4.81. The highest BCUT2D eigenvalue weighted by molar-refractivity contribution is 5.97. The third-order valence-corrected chi connectivity index (χ3v) is 3.36. The van der Waals surface area contributed by atoms with Crippen LogP contribution in [0.3, 0.4) is 0 Å². The molecular weight excluding hydrogens is 272 g/mol. The molecule has 104 valence electrons. The van der Waals surface area contributed by atoms with Gasteiger partial charge in [-0.25, -0.2) is 4.98 Å². The van der Waals surface area contributed by atoms with Gasteiger partial charge in [0.25, 0.3) is 0 Å². The summed E-state index contributed by atoms with van der Waals surface area (Å²) in [7, 11) is 0. The predicted molar refractivity (Wildman–Crippen MR) is 83.3 cm³/mol. The number of hydrogen-bond donors (Lipinski definition) is 0. The van der Waals surface area contributed by atoms with Gasteiger partial charge in [-0.15, -0.1) is 12.4 Å². The van der Waals surface area contributed by atoms with E-state index in [4.69, 9.17) is 0 Å². The molecule has 3 rings (SSSR count). The summed E-state index contributed by atoms with van der Waals surface area (Å²) < 4.78 is 0. The van der Waals surface area contributed by atoms with Gasteiger partial charge in [0, 0.05) is 11.9 Å². The van der Waals surface area contributed by atoms with Crippen LogP contribution in [-0.2, 0) is 0 Å². The Balaban J connectivity index is 0.00000147. The van der Waals surface area contributed by atoms with Crippen LogP contribution in [0.1, 0.15) is 23.3 Å². The van der Waals surface area contributed by atoms with Gasteiger partial charge in [-0.3, -0.25) is 4.79 Å². The molecule has 2 heterocycles. The number of ketones is 1. The Labute approximate surface area is 124 Å². The maximum absolute atomic E-state index is 12.2. The first kappa shape index (κ1) is 14.5. The summed E-state index contributed by atoms with van der Waals surface area (Å²) in [5.41, 5.74) is 1.43. The van der Waals surface area contributed by atoms with Gasteiger partial charge in [-0.1, -0.05) is 30.3 Å². The van der Waals surface area contributed by atoms with Gasteiger partial charge in [-0.2, -0.15) is 0 Å². The minimum absolute atomic E-state index is 0. The molecule has 0 atom stereocenters. The van der Waals surface area contributed by atoms with Crippen molar-refractivity contribution in [2.45, 2.75) is 12.8 Å². The minimum Gasteiger partial charge on any atom is -0.370 e. The number of para-hydroxylation sites is 1. The van der Waals surface area contributed by atoms with E-state index in [0.717, 1.165) is 30.3 Å². The molecular formula is C16H17ClN2O. The molecule has 1 aliphatic heterocycles. The highest BCUT2D eigenvalue weighted by Gasteiger charge is 2.12. The van der Waals surface area contributed by atoms with Gasteiger partial charge in [0.1, 0.15) is 5.69 Å². The normalized spacial score (nSPS) is 14.1. The van der Waals surface area contributed by atoms with E-state index < -0.39 is 0 Å². The summed E-state index contributed by atoms with van der Waals surface area (Å²) in [5.74, 6) is 0.0808. The first-order valence-electron chi connectivity index (χ1n) is 6.63. The first-order valence-corrected chi connectivity index (χ1v) is 6.63. The minimum atomic E-state index is 0. The number of halogens is 1. The van der Waals surface area contributed by atoms with Gasteiger partial charge < -0.3 is 4.90 Å². The monoisotopic (exact) mass is 288 g/mol. The second-order valence-electron chi connectivity index (χ2n) is 4.81. The van der Waals surface area contributed by atoms with Crippen molar-refractivity contribution in [2.75, 3.05) is 13.1 Å². The van der Waals surface area contributed by atoms with E-state index in [1.54, 1.807) is 0 Å². The van der Waals surface area contributed by atoms with Crippen molar-refractivity contribution in [1.82, 2.24) is 9.88 Å². The summed E-state index contributed by atoms with van der Waals surface area (Å²) >= 11 is 0. The van der Waals surface area contributed by atoms with Crippen LogP contribution in [0.2, 0.25) is 0 Å². The van der Waals surface area contributed by atoms with E-state index in [1.165, 1.54) is 0 Å². The lowest BCUT2D eigenvalue weighted by atomic mass is 10.1. The molecule has 1 aromatic heterocycles. The molecule has 0 spiro atoms. The van der Waals surface area contributed by atoms with Gasteiger partial charge >= 0.3 is 0 Å². The van der Waals surface area contributed by atoms with E-state index in [9.17, 15) is 4.79 Å². The Morgan fingerprint density at radius 1 is 1.20 bits per heavy atom. The van der Waals surface area contributed by atoms with E-state index in [1.807, 2.05) is 42.6 Å². The molecule has 2 aromatic rings. The third kappa shape index (κ3) is 3.17. The van der Waals surface area contributed by atoms with Crippen LogP contribution in [0.15, 0.2) is 48.7 Å². The molecule has 0 amide bonds. The van der Waals surface area contributed by atoms with Crippen LogP contribution in [0.5, 0.6) is 0 Å². The van der Waals surface area contributed by atoms with Crippen molar-refractivity contribution in [3.8, 4) is 0 Å². The summed E-state index contributed by atoms with van der Waals surface area (Å²) in [6, 6.07) is 11.6. The van der Waals surface area contributed by atoms with Crippen LogP contribution in [0.25, 0.3) is 10.9 Å². The molecule has 1 aliphatic rings. The molecule has 0 aliphatic carbocycles. The molecule has 0 saturated carbocycles. The van der Waals surface area contributed by atoms with Crippen molar-refractivity contribution in [3.05, 3.63) is 54.4 Å². The fourth-order valence-corrected chi connectivity index (χ4v) is 2.33. The van der Waals surface area contributed by atoms with Crippen molar-refractivity contribution >= 4 is 29.1 Å². The zero-order chi connectivity index (χ0) is 13.1. The average molecular weight is 289 g/mol. The molecule has 3 nitrogen and oxygen atoms in total. The standard InChI is InChI=1S/C16H16N2O.ClH/c19-16(12-18-10-4-1-5-11-18)15-9-8-13-6-2-3-7-14(13)17-15;/h2-4,6-10H,1,5,11-12H2;1H. The number of carbonyl (C=O) groups is 1. The average Bonchev–Trinajstić information content (AvgIpc) is 2.48. The number of allylic oxidation sites excluding steroid dienone is 1. The smallest absolute Gasteiger partial charge is 0.200 e. The van der Waals surface area contributed by atoms with Crippen molar-refractivity contribution < 1.29 is 4.79 Å². The fraction of sp³-hybridized carbons (Fsp3) is 0.250. The van der Waals surface area contributed by atoms with E-state index >= 15 is 0 Å². The molecule has 4 heteroatoms. The quantitative estimate of drug-likeness (QED) is 0.811. The van der Waals surface area contributed by atoms with Crippen LogP contribution in [0.4, 0.5) is 0 Å². The fourth-order valence-electron chi connectivity index (χ4n) is 2.33. The second kappa shape index (κ2) is 6.53. The molecule has 0 N–H and O–H groups in total. The van der Waals surface area contributed by atoms with Crippen LogP contribution in [0, 0.1) is 0 Å². The number of aromatic nitrogens is 1. The molecule has 0 unspecified atom stereocenters. The maximum Gasteiger partial charge on any atom is 0.200 e. The molecule has 0 fully saturated rings. The topological polar surface area (TPSA) is 33.2 Å². The Bertz CT molecular complexity index is 639. The number of rotatable bonds is 3. The van der Waals surface area contributed by atoms with Gasteiger partial charge in [0.2, 0.25) is 0 Å². The highest BCUT2D eigenvalue weighted by atomic mass is 35.5. The SMILES string of the molecule is Cl.O=C(CN1C=CCCC1)c1ccc2ccccc2n1. The van der Waals surface area contributed by atoms with Crippen molar-refractivity contribution in [2.24, 2.45) is 0 Å². The third-order valence-electron chi connectivity index (χ3n) is 3.36. The lowest BCUT2D eigenvalue weighted by molar-refractivity contribution is 0.0948. The molecule has 0 bridgehead atoms. The zero-order valence-corrected chi connectivity index (χ0v) is 12.0. The van der Waals surface area contributed by atoms with Gasteiger partial charge in [0.15, 0.2) is 5.78 Å². The number of hydrogen-bond acceptors (Lipinski definition) is 3. The Morgan fingerprint density at radius 3 is 2.85 bits per heavy atom. The largest absolute Gasteiger partial charge is 0.370 e. The predicted octanol–water partition coefficient (Wildman–Crippen LogP) is 3.45. The van der Waals surface area contributed by atoms with Crippen molar-refractivity contribution in [1.29, 1.82) is 0 Å². The summed E-state index contributed by atoms with van der Waals surface area (Å²) in [4.78, 5) is 18.7. The highest BCUT2D eigenvalue weighted by Crippen LogP contribution is 2.13. The lowest BCUT2D eigenvalue weighted by Crippen LogP contribution is -2.28. The number of benzene rings is 1. The number of pyridine rings is 1. The summed E-state index contributed by atoms with van der Waals surface area (Å²) in [5, 5.41) is 1.07. The van der Waals surface area contributed by atoms with Gasteiger partial charge in [0.05, 0.1) is 12.1 Å². The van der Waals surface area contributed by atoms with E-state index in [-0.39, 0.29) is 18.2 Å². The van der Waals surface area contributed by atoms with E-state index in [0.29, 0.717) is 12.2 Å². The summed E-state index contributed by atoms with van der Waals surface area (Å²) in [6.07, 6.45) is 6.36. The molecule has 0 radical (unpaired) electrons. The Hall–Kier alpha value is -1.87. The van der Waals surface area contributed by atoms with Crippen LogP contribution < -0.4 is 0 Å². The molecule has 0 saturated heterocycles. The number of nitrogens with zero attached hydrogens (tertiary/aromatic N) is 2. The Morgan fingerprint density at radius 2 is 2.05 bits per heavy atom. The molecule has 20 heavy (non-hydrogen) atoms. The number of carbonyl (C=O) groups excluding carboxylic acids is 1.